The third kappa shape index (κ3) is 4.79. The van der Waals surface area contributed by atoms with E-state index in [1.807, 2.05) is 26.0 Å². The van der Waals surface area contributed by atoms with E-state index in [1.165, 1.54) is 11.8 Å². The summed E-state index contributed by atoms with van der Waals surface area (Å²) in [7, 11) is 3.10. The number of nitriles is 1. The molecule has 2 aromatic carbocycles. The van der Waals surface area contributed by atoms with Crippen molar-refractivity contribution in [2.45, 2.75) is 18.9 Å². The van der Waals surface area contributed by atoms with E-state index in [1.54, 1.807) is 32.4 Å². The quantitative estimate of drug-likeness (QED) is 0.607. The fourth-order valence-electron chi connectivity index (χ4n) is 3.04. The van der Waals surface area contributed by atoms with Gasteiger partial charge in [-0.1, -0.05) is 23.4 Å². The lowest BCUT2D eigenvalue weighted by Crippen LogP contribution is -2.14. The summed E-state index contributed by atoms with van der Waals surface area (Å²) in [5, 5.41) is 13.8. The number of rotatable bonds is 6. The normalized spacial score (nSPS) is 10.4. The van der Waals surface area contributed by atoms with E-state index < -0.39 is 0 Å². The van der Waals surface area contributed by atoms with E-state index >= 15 is 0 Å². The summed E-state index contributed by atoms with van der Waals surface area (Å²) < 4.78 is 10.4. The monoisotopic (exact) mass is 407 g/mol. The first-order valence-corrected chi connectivity index (χ1v) is 9.90. The Morgan fingerprint density at radius 1 is 1.10 bits per heavy atom. The Morgan fingerprint density at radius 3 is 2.41 bits per heavy atom. The Bertz CT molecular complexity index is 1100. The zero-order chi connectivity index (χ0) is 21.0. The molecule has 0 bridgehead atoms. The number of hydrogen-bond acceptors (Lipinski definition) is 6. The number of carbonyl (C=O) groups excluding carboxylic acids is 1. The summed E-state index contributed by atoms with van der Waals surface area (Å²) in [5.41, 5.74) is 4.04. The number of thioether (sulfide) groups is 1. The SMILES string of the molecule is COc1cc(NC(=O)CSc2nc3c(C)cc(C)cc3cc2C#N)cc(OC)c1. The lowest BCUT2D eigenvalue weighted by atomic mass is 10.1. The zero-order valence-electron chi connectivity index (χ0n) is 16.7. The maximum atomic E-state index is 12.4. The molecule has 1 heterocycles. The minimum absolute atomic E-state index is 0.123. The number of anilines is 1. The number of pyridine rings is 1. The van der Waals surface area contributed by atoms with Gasteiger partial charge < -0.3 is 14.8 Å². The van der Waals surface area contributed by atoms with Crippen LogP contribution in [-0.4, -0.2) is 30.9 Å². The molecule has 0 fully saturated rings. The smallest absolute Gasteiger partial charge is 0.234 e. The van der Waals surface area contributed by atoms with Crippen molar-refractivity contribution in [2.75, 3.05) is 25.3 Å². The zero-order valence-corrected chi connectivity index (χ0v) is 17.5. The Labute approximate surface area is 173 Å². The van der Waals surface area contributed by atoms with Gasteiger partial charge >= 0.3 is 0 Å². The van der Waals surface area contributed by atoms with Crippen LogP contribution in [0.2, 0.25) is 0 Å². The molecule has 0 saturated heterocycles. The summed E-state index contributed by atoms with van der Waals surface area (Å²) in [5.74, 6) is 1.08. The van der Waals surface area contributed by atoms with Crippen LogP contribution in [0.25, 0.3) is 10.9 Å². The molecular weight excluding hydrogens is 386 g/mol. The Balaban J connectivity index is 1.78. The summed E-state index contributed by atoms with van der Waals surface area (Å²) >= 11 is 1.24. The number of amides is 1. The Kier molecular flexibility index (Phi) is 6.25. The number of benzene rings is 2. The molecule has 148 valence electrons. The van der Waals surface area contributed by atoms with E-state index in [0.717, 1.165) is 22.0 Å². The summed E-state index contributed by atoms with van der Waals surface area (Å²) in [6.07, 6.45) is 0. The maximum Gasteiger partial charge on any atom is 0.234 e. The first-order valence-electron chi connectivity index (χ1n) is 8.91. The number of aryl methyl sites for hydroxylation is 2. The molecule has 0 aliphatic heterocycles. The number of ether oxygens (including phenoxy) is 2. The summed E-state index contributed by atoms with van der Waals surface area (Å²) in [6, 6.07) is 13.2. The molecule has 3 rings (SSSR count). The largest absolute Gasteiger partial charge is 0.497 e. The predicted octanol–water partition coefficient (Wildman–Crippen LogP) is 4.47. The van der Waals surface area contributed by atoms with Crippen LogP contribution in [0.5, 0.6) is 11.5 Å². The first kappa shape index (κ1) is 20.5. The van der Waals surface area contributed by atoms with Gasteiger partial charge in [-0.05, 0) is 31.5 Å². The minimum Gasteiger partial charge on any atom is -0.497 e. The molecule has 7 heteroatoms. The highest BCUT2D eigenvalue weighted by Gasteiger charge is 2.13. The fourth-order valence-corrected chi connectivity index (χ4v) is 3.79. The highest BCUT2D eigenvalue weighted by Crippen LogP contribution is 2.28. The Morgan fingerprint density at radius 2 is 1.79 bits per heavy atom. The van der Waals surface area contributed by atoms with Gasteiger partial charge in [0.2, 0.25) is 5.91 Å². The van der Waals surface area contributed by atoms with Gasteiger partial charge in [0.1, 0.15) is 22.6 Å². The lowest BCUT2D eigenvalue weighted by Gasteiger charge is -2.11. The average molecular weight is 407 g/mol. The van der Waals surface area contributed by atoms with Crippen molar-refractivity contribution in [2.24, 2.45) is 0 Å². The van der Waals surface area contributed by atoms with Crippen molar-refractivity contribution in [3.63, 3.8) is 0 Å². The maximum absolute atomic E-state index is 12.4. The van der Waals surface area contributed by atoms with Crippen LogP contribution in [0, 0.1) is 25.2 Å². The average Bonchev–Trinajstić information content (AvgIpc) is 2.71. The molecule has 0 aliphatic carbocycles. The second-order valence-electron chi connectivity index (χ2n) is 6.54. The third-order valence-electron chi connectivity index (χ3n) is 4.31. The molecule has 1 N–H and O–H groups in total. The van der Waals surface area contributed by atoms with E-state index in [2.05, 4.69) is 22.4 Å². The molecule has 29 heavy (non-hydrogen) atoms. The van der Waals surface area contributed by atoms with Gasteiger partial charge in [0.05, 0.1) is 31.1 Å². The van der Waals surface area contributed by atoms with Crippen molar-refractivity contribution in [3.05, 3.63) is 53.1 Å². The van der Waals surface area contributed by atoms with Crippen LogP contribution >= 0.6 is 11.8 Å². The summed E-state index contributed by atoms with van der Waals surface area (Å²) in [6.45, 7) is 4.00. The molecule has 0 atom stereocenters. The van der Waals surface area contributed by atoms with E-state index in [-0.39, 0.29) is 11.7 Å². The number of fused-ring (bicyclic) bond motifs is 1. The topological polar surface area (TPSA) is 84.2 Å². The van der Waals surface area contributed by atoms with Gasteiger partial charge in [0, 0.05) is 29.3 Å². The van der Waals surface area contributed by atoms with Crippen LogP contribution in [-0.2, 0) is 4.79 Å². The number of aromatic nitrogens is 1. The van der Waals surface area contributed by atoms with Crippen LogP contribution < -0.4 is 14.8 Å². The molecule has 3 aromatic rings. The van der Waals surface area contributed by atoms with Crippen LogP contribution in [0.3, 0.4) is 0 Å². The number of nitrogens with one attached hydrogen (secondary N) is 1. The molecule has 0 aliphatic rings. The summed E-state index contributed by atoms with van der Waals surface area (Å²) in [4.78, 5) is 17.1. The molecule has 1 amide bonds. The lowest BCUT2D eigenvalue weighted by molar-refractivity contribution is -0.113. The third-order valence-corrected chi connectivity index (χ3v) is 5.30. The number of hydrogen-bond donors (Lipinski definition) is 1. The standard InChI is InChI=1S/C22H21N3O3S/c1-13-5-14(2)21-15(6-13)7-16(11-23)22(25-21)29-12-20(26)24-17-8-18(27-3)10-19(9-17)28-4/h5-10H,12H2,1-4H3,(H,24,26). The second kappa shape index (κ2) is 8.84. The highest BCUT2D eigenvalue weighted by molar-refractivity contribution is 8.00. The highest BCUT2D eigenvalue weighted by atomic mass is 32.2. The van der Waals surface area contributed by atoms with Crippen molar-refractivity contribution in [1.29, 1.82) is 5.26 Å². The van der Waals surface area contributed by atoms with Crippen molar-refractivity contribution >= 4 is 34.3 Å². The minimum atomic E-state index is -0.211. The number of carbonyl (C=O) groups is 1. The first-order chi connectivity index (χ1) is 13.9. The van der Waals surface area contributed by atoms with Gasteiger partial charge in [0.25, 0.3) is 0 Å². The molecule has 6 nitrogen and oxygen atoms in total. The van der Waals surface area contributed by atoms with E-state index in [9.17, 15) is 10.1 Å². The van der Waals surface area contributed by atoms with Crippen LogP contribution in [0.1, 0.15) is 16.7 Å². The predicted molar refractivity (Wildman–Crippen MR) is 115 cm³/mol. The van der Waals surface area contributed by atoms with Crippen LogP contribution in [0.4, 0.5) is 5.69 Å². The van der Waals surface area contributed by atoms with Crippen molar-refractivity contribution in [3.8, 4) is 17.6 Å². The second-order valence-corrected chi connectivity index (χ2v) is 7.51. The number of methoxy groups -OCH3 is 2. The van der Waals surface area contributed by atoms with Crippen molar-refractivity contribution in [1.82, 2.24) is 4.98 Å². The van der Waals surface area contributed by atoms with Gasteiger partial charge in [-0.2, -0.15) is 5.26 Å². The molecule has 0 saturated carbocycles. The van der Waals surface area contributed by atoms with E-state index in [0.29, 0.717) is 27.8 Å². The van der Waals surface area contributed by atoms with Gasteiger partial charge in [0.15, 0.2) is 0 Å². The Hall–Kier alpha value is -3.24. The molecule has 0 unspecified atom stereocenters. The van der Waals surface area contributed by atoms with Crippen LogP contribution in [0.15, 0.2) is 41.4 Å². The van der Waals surface area contributed by atoms with Gasteiger partial charge in [-0.25, -0.2) is 4.98 Å². The van der Waals surface area contributed by atoms with Crippen molar-refractivity contribution < 1.29 is 14.3 Å². The molecule has 0 radical (unpaired) electrons. The van der Waals surface area contributed by atoms with Gasteiger partial charge in [-0.15, -0.1) is 0 Å². The van der Waals surface area contributed by atoms with E-state index in [4.69, 9.17) is 9.47 Å². The van der Waals surface area contributed by atoms with Gasteiger partial charge in [-0.3, -0.25) is 4.79 Å². The molecule has 0 spiro atoms. The molecule has 1 aromatic heterocycles. The number of nitrogens with zero attached hydrogens (tertiary/aromatic N) is 2. The molecular formula is C22H21N3O3S. The fraction of sp³-hybridized carbons (Fsp3) is 0.227.